The van der Waals surface area contributed by atoms with Gasteiger partial charge in [0, 0.05) is 32.7 Å². The van der Waals surface area contributed by atoms with Crippen LogP contribution in [-0.4, -0.2) is 23.5 Å². The van der Waals surface area contributed by atoms with Crippen molar-refractivity contribution in [2.45, 2.75) is 26.8 Å². The molecule has 0 aliphatic heterocycles. The van der Waals surface area contributed by atoms with Crippen molar-refractivity contribution in [2.24, 2.45) is 0 Å². The monoisotopic (exact) mass is 170 g/mol. The Labute approximate surface area is 74.3 Å². The predicted octanol–water partition coefficient (Wildman–Crippen LogP) is 1.95. The molecule has 1 rings (SSSR count). The van der Waals surface area contributed by atoms with E-state index in [1.54, 1.807) is 13.3 Å². The molecule has 0 amide bonds. The zero-order chi connectivity index (χ0) is 9.23. The van der Waals surface area contributed by atoms with Gasteiger partial charge in [-0.25, -0.2) is 0 Å². The second-order valence-corrected chi connectivity index (χ2v) is 2.12. The van der Waals surface area contributed by atoms with E-state index in [9.17, 15) is 0 Å². The average Bonchev–Trinajstić information content (AvgIpc) is 2.61. The van der Waals surface area contributed by atoms with Crippen molar-refractivity contribution in [1.29, 1.82) is 0 Å². The maximum Gasteiger partial charge on any atom is 0.0489 e. The Balaban J connectivity index is 0.000000561. The van der Waals surface area contributed by atoms with Crippen LogP contribution in [-0.2, 0) is 11.3 Å². The minimum Gasteiger partial charge on any atom is -0.385 e. The van der Waals surface area contributed by atoms with Crippen LogP contribution in [0.2, 0.25) is 0 Å². The molecule has 0 N–H and O–H groups in total. The number of hydrogen-bond acceptors (Lipinski definition) is 2. The molecule has 70 valence electrons. The fourth-order valence-electron chi connectivity index (χ4n) is 0.804. The molecule has 12 heavy (non-hydrogen) atoms. The minimum absolute atomic E-state index is 0.805. The van der Waals surface area contributed by atoms with E-state index in [1.807, 2.05) is 30.8 Å². The first-order valence-electron chi connectivity index (χ1n) is 4.40. The van der Waals surface area contributed by atoms with E-state index in [1.165, 1.54) is 0 Å². The van der Waals surface area contributed by atoms with E-state index >= 15 is 0 Å². The average molecular weight is 170 g/mol. The van der Waals surface area contributed by atoms with Crippen molar-refractivity contribution in [3.05, 3.63) is 18.5 Å². The number of aryl methyl sites for hydroxylation is 1. The molecule has 0 aromatic carbocycles. The highest BCUT2D eigenvalue weighted by atomic mass is 16.5. The lowest BCUT2D eigenvalue weighted by Gasteiger charge is -1.98. The van der Waals surface area contributed by atoms with Gasteiger partial charge in [-0.05, 0) is 12.5 Å². The van der Waals surface area contributed by atoms with Crippen LogP contribution < -0.4 is 0 Å². The summed E-state index contributed by atoms with van der Waals surface area (Å²) in [6.45, 7) is 5.75. The number of methoxy groups -OCH3 is 1. The van der Waals surface area contributed by atoms with Crippen molar-refractivity contribution in [3.8, 4) is 0 Å². The molecule has 3 heteroatoms. The first kappa shape index (κ1) is 11.2. The number of hydrogen-bond donors (Lipinski definition) is 0. The molecular formula is C9H18N2O. The summed E-state index contributed by atoms with van der Waals surface area (Å²) >= 11 is 0. The highest BCUT2D eigenvalue weighted by molar-refractivity contribution is 4.77. The summed E-state index contributed by atoms with van der Waals surface area (Å²) in [6.07, 6.45) is 4.76. The zero-order valence-electron chi connectivity index (χ0n) is 8.16. The van der Waals surface area contributed by atoms with Crippen LogP contribution >= 0.6 is 0 Å². The highest BCUT2D eigenvalue weighted by Crippen LogP contribution is 1.88. The first-order valence-corrected chi connectivity index (χ1v) is 4.40. The molecule has 0 aliphatic carbocycles. The molecule has 3 nitrogen and oxygen atoms in total. The third kappa shape index (κ3) is 4.91. The largest absolute Gasteiger partial charge is 0.385 e. The van der Waals surface area contributed by atoms with E-state index in [0.717, 1.165) is 19.6 Å². The number of ether oxygens (including phenoxy) is 1. The molecule has 0 bridgehead atoms. The molecular weight excluding hydrogens is 152 g/mol. The number of aromatic nitrogens is 2. The van der Waals surface area contributed by atoms with Crippen LogP contribution in [0.3, 0.4) is 0 Å². The van der Waals surface area contributed by atoms with Gasteiger partial charge in [-0.1, -0.05) is 13.8 Å². The van der Waals surface area contributed by atoms with Crippen LogP contribution in [0.25, 0.3) is 0 Å². The maximum atomic E-state index is 4.90. The normalized spacial score (nSPS) is 8.92. The van der Waals surface area contributed by atoms with Crippen LogP contribution in [0, 0.1) is 0 Å². The van der Waals surface area contributed by atoms with Crippen LogP contribution in [0.5, 0.6) is 0 Å². The first-order chi connectivity index (χ1) is 5.93. The van der Waals surface area contributed by atoms with Crippen LogP contribution in [0.1, 0.15) is 20.3 Å². The van der Waals surface area contributed by atoms with Crippen molar-refractivity contribution in [3.63, 3.8) is 0 Å². The molecule has 0 aliphatic rings. The third-order valence-electron chi connectivity index (χ3n) is 1.29. The van der Waals surface area contributed by atoms with Gasteiger partial charge >= 0.3 is 0 Å². The van der Waals surface area contributed by atoms with Crippen LogP contribution in [0.4, 0.5) is 0 Å². The molecule has 1 aromatic heterocycles. The molecule has 0 saturated carbocycles. The summed E-state index contributed by atoms with van der Waals surface area (Å²) in [5.74, 6) is 0. The van der Waals surface area contributed by atoms with Gasteiger partial charge in [0.1, 0.15) is 0 Å². The predicted molar refractivity (Wildman–Crippen MR) is 50.1 cm³/mol. The highest BCUT2D eigenvalue weighted by Gasteiger charge is 1.88. The molecule has 0 unspecified atom stereocenters. The number of rotatable bonds is 4. The fraction of sp³-hybridized carbons (Fsp3) is 0.667. The van der Waals surface area contributed by atoms with Gasteiger partial charge < -0.3 is 4.74 Å². The Kier molecular flexibility index (Phi) is 7.70. The molecule has 0 fully saturated rings. The summed E-state index contributed by atoms with van der Waals surface area (Å²) in [5, 5.41) is 4.05. The number of nitrogens with zero attached hydrogens (tertiary/aromatic N) is 2. The van der Waals surface area contributed by atoms with Crippen molar-refractivity contribution in [2.75, 3.05) is 13.7 Å². The molecule has 0 radical (unpaired) electrons. The summed E-state index contributed by atoms with van der Waals surface area (Å²) in [6, 6.07) is 1.92. The molecule has 0 spiro atoms. The zero-order valence-corrected chi connectivity index (χ0v) is 8.16. The molecule has 1 aromatic rings. The van der Waals surface area contributed by atoms with Gasteiger partial charge in [-0.3, -0.25) is 4.68 Å². The molecule has 0 saturated heterocycles. The molecule has 1 heterocycles. The smallest absolute Gasteiger partial charge is 0.0489 e. The lowest BCUT2D eigenvalue weighted by molar-refractivity contribution is 0.189. The second kappa shape index (κ2) is 8.27. The van der Waals surface area contributed by atoms with E-state index < -0.39 is 0 Å². The lowest BCUT2D eigenvalue weighted by atomic mass is 10.4. The third-order valence-corrected chi connectivity index (χ3v) is 1.29. The van der Waals surface area contributed by atoms with Gasteiger partial charge in [0.15, 0.2) is 0 Å². The summed E-state index contributed by atoms with van der Waals surface area (Å²) in [5.41, 5.74) is 0. The Hall–Kier alpha value is -0.830. The maximum absolute atomic E-state index is 4.90. The SMILES string of the molecule is CC.COCCCn1cccn1. The second-order valence-electron chi connectivity index (χ2n) is 2.12. The van der Waals surface area contributed by atoms with Gasteiger partial charge in [0.2, 0.25) is 0 Å². The fourth-order valence-corrected chi connectivity index (χ4v) is 0.804. The Morgan fingerprint density at radius 2 is 2.17 bits per heavy atom. The summed E-state index contributed by atoms with van der Waals surface area (Å²) < 4.78 is 6.80. The summed E-state index contributed by atoms with van der Waals surface area (Å²) in [4.78, 5) is 0. The Morgan fingerprint density at radius 1 is 1.42 bits per heavy atom. The van der Waals surface area contributed by atoms with Crippen molar-refractivity contribution < 1.29 is 4.74 Å². The van der Waals surface area contributed by atoms with Crippen molar-refractivity contribution >= 4 is 0 Å². The van der Waals surface area contributed by atoms with Gasteiger partial charge in [0.05, 0.1) is 0 Å². The van der Waals surface area contributed by atoms with E-state index in [2.05, 4.69) is 5.10 Å². The van der Waals surface area contributed by atoms with Crippen molar-refractivity contribution in [1.82, 2.24) is 9.78 Å². The quantitative estimate of drug-likeness (QED) is 0.646. The topological polar surface area (TPSA) is 27.1 Å². The minimum atomic E-state index is 0.805. The molecule has 0 atom stereocenters. The van der Waals surface area contributed by atoms with E-state index in [-0.39, 0.29) is 0 Å². The van der Waals surface area contributed by atoms with Gasteiger partial charge in [-0.2, -0.15) is 5.10 Å². The lowest BCUT2D eigenvalue weighted by Crippen LogP contribution is -2.01. The standard InChI is InChI=1S/C7H12N2O.C2H6/c1-10-7-3-6-9-5-2-4-8-9;1-2/h2,4-5H,3,6-7H2,1H3;1-2H3. The van der Waals surface area contributed by atoms with E-state index in [0.29, 0.717) is 0 Å². The van der Waals surface area contributed by atoms with Gasteiger partial charge in [0.25, 0.3) is 0 Å². The van der Waals surface area contributed by atoms with E-state index in [4.69, 9.17) is 4.74 Å². The van der Waals surface area contributed by atoms with Crippen LogP contribution in [0.15, 0.2) is 18.5 Å². The Bertz CT molecular complexity index is 161. The van der Waals surface area contributed by atoms with Gasteiger partial charge in [-0.15, -0.1) is 0 Å². The Morgan fingerprint density at radius 3 is 2.67 bits per heavy atom. The summed E-state index contributed by atoms with van der Waals surface area (Å²) in [7, 11) is 1.71.